The van der Waals surface area contributed by atoms with Crippen molar-refractivity contribution >= 4 is 0 Å². The Kier molecular flexibility index (Phi) is 11.8. The molecule has 0 bridgehead atoms. The summed E-state index contributed by atoms with van der Waals surface area (Å²) in [6.45, 7) is 0. The number of hydrogen-bond donors (Lipinski definition) is 0. The van der Waals surface area contributed by atoms with Crippen LogP contribution in [0.3, 0.4) is 0 Å². The van der Waals surface area contributed by atoms with Crippen LogP contribution in [0, 0.1) is 0 Å². The van der Waals surface area contributed by atoms with Gasteiger partial charge in [-0.3, -0.25) is 0 Å². The molecular weight excluding hydrogens is 328 g/mol. The second kappa shape index (κ2) is 13.3. The summed E-state index contributed by atoms with van der Waals surface area (Å²) in [7, 11) is 9.16. The molecule has 1 rings (SSSR count). The largest absolute Gasteiger partial charge is 0.331 e. The van der Waals surface area contributed by atoms with E-state index in [-0.39, 0.29) is 0 Å². The quantitative estimate of drug-likeness (QED) is 0.248. The predicted octanol–water partition coefficient (Wildman–Crippen LogP) is 4.28. The van der Waals surface area contributed by atoms with Gasteiger partial charge in [0.2, 0.25) is 0 Å². The Morgan fingerprint density at radius 1 is 0.808 bits per heavy atom. The third-order valence-electron chi connectivity index (χ3n) is 5.39. The van der Waals surface area contributed by atoms with Gasteiger partial charge in [0.05, 0.1) is 14.1 Å². The number of hydrogen-bond acceptors (Lipinski definition) is 3. The van der Waals surface area contributed by atoms with Crippen LogP contribution in [-0.4, -0.2) is 31.9 Å². The first-order valence-corrected chi connectivity index (χ1v) is 10.2. The molecule has 0 aromatic carbocycles. The maximum atomic E-state index is 5.32. The molecule has 1 aromatic heterocycles. The summed E-state index contributed by atoms with van der Waals surface area (Å²) >= 11 is 0. The molecule has 0 radical (unpaired) electrons. The summed E-state index contributed by atoms with van der Waals surface area (Å²) in [5, 5.41) is 0. The van der Waals surface area contributed by atoms with Crippen LogP contribution in [0.4, 0.5) is 0 Å². The molecule has 0 saturated heterocycles. The van der Waals surface area contributed by atoms with Gasteiger partial charge in [-0.25, -0.2) is 9.13 Å². The van der Waals surface area contributed by atoms with E-state index < -0.39 is 5.97 Å². The molecule has 0 atom stereocenters. The molecule has 0 spiro atoms. The fourth-order valence-electron chi connectivity index (χ4n) is 3.57. The zero-order chi connectivity index (χ0) is 19.3. The first-order valence-electron chi connectivity index (χ1n) is 10.2. The lowest BCUT2D eigenvalue weighted by Gasteiger charge is -2.28. The number of methoxy groups -OCH3 is 3. The molecule has 1 heterocycles. The van der Waals surface area contributed by atoms with Gasteiger partial charge in [0.1, 0.15) is 12.4 Å². The summed E-state index contributed by atoms with van der Waals surface area (Å²) in [5.41, 5.74) is 0. The highest BCUT2D eigenvalue weighted by Crippen LogP contribution is 2.21. The monoisotopic (exact) mass is 369 g/mol. The summed E-state index contributed by atoms with van der Waals surface area (Å²) in [6, 6.07) is 0. The van der Waals surface area contributed by atoms with Crippen LogP contribution in [-0.2, 0) is 34.7 Å². The van der Waals surface area contributed by atoms with Gasteiger partial charge >= 0.3 is 0 Å². The van der Waals surface area contributed by atoms with Gasteiger partial charge in [0, 0.05) is 34.2 Å². The Bertz CT molecular complexity index is 442. The lowest BCUT2D eigenvalue weighted by molar-refractivity contribution is -0.678. The van der Waals surface area contributed by atoms with Crippen LogP contribution in [0.25, 0.3) is 0 Å². The van der Waals surface area contributed by atoms with Gasteiger partial charge in [-0.15, -0.1) is 0 Å². The molecule has 0 aliphatic rings. The van der Waals surface area contributed by atoms with E-state index in [1.165, 1.54) is 70.0 Å². The van der Waals surface area contributed by atoms with Gasteiger partial charge in [0.15, 0.2) is 0 Å². The van der Waals surface area contributed by atoms with Gasteiger partial charge in [-0.2, -0.15) is 0 Å². The molecule has 26 heavy (non-hydrogen) atoms. The fourth-order valence-corrected chi connectivity index (χ4v) is 3.57. The Balaban J connectivity index is 1.91. The maximum absolute atomic E-state index is 5.32. The van der Waals surface area contributed by atoms with E-state index >= 15 is 0 Å². The number of imidazole rings is 1. The third kappa shape index (κ3) is 8.19. The Labute approximate surface area is 160 Å². The molecule has 0 unspecified atom stereocenters. The van der Waals surface area contributed by atoms with Crippen LogP contribution >= 0.6 is 0 Å². The van der Waals surface area contributed by atoms with E-state index in [0.29, 0.717) is 0 Å². The van der Waals surface area contributed by atoms with Crippen LogP contribution in [0.2, 0.25) is 0 Å². The standard InChI is InChI=1S/C21H41N2O3/c1-22-18-19-23(2)20(22)16-14-12-10-8-6-7-9-11-13-15-17-21(24-3,25-4)26-5/h18-19H,6-17H2,1-5H3/q+1. The minimum atomic E-state index is -0.851. The second-order valence-corrected chi connectivity index (χ2v) is 7.27. The van der Waals surface area contributed by atoms with Gasteiger partial charge in [0.25, 0.3) is 11.8 Å². The van der Waals surface area contributed by atoms with E-state index in [1.807, 2.05) is 0 Å². The number of unbranched alkanes of at least 4 members (excludes halogenated alkanes) is 9. The zero-order valence-corrected chi connectivity index (χ0v) is 17.8. The average Bonchev–Trinajstić information content (AvgIpc) is 2.98. The first-order chi connectivity index (χ1) is 12.6. The summed E-state index contributed by atoms with van der Waals surface area (Å²) in [6.07, 6.45) is 19.3. The number of rotatable bonds is 16. The molecular formula is C21H41N2O3+. The highest BCUT2D eigenvalue weighted by Gasteiger charge is 2.28. The lowest BCUT2D eigenvalue weighted by atomic mass is 10.0. The SMILES string of the molecule is COC(CCCCCCCCCCCCc1n(C)cc[n+]1C)(OC)OC. The molecule has 0 fully saturated rings. The fraction of sp³-hybridized carbons (Fsp3) is 0.857. The molecule has 0 aliphatic carbocycles. The number of aryl methyl sites for hydroxylation is 2. The second-order valence-electron chi connectivity index (χ2n) is 7.27. The minimum Gasteiger partial charge on any atom is -0.331 e. The molecule has 0 aliphatic heterocycles. The van der Waals surface area contributed by atoms with Crippen LogP contribution < -0.4 is 4.57 Å². The molecule has 5 nitrogen and oxygen atoms in total. The number of nitrogens with zero attached hydrogens (tertiary/aromatic N) is 2. The van der Waals surface area contributed by atoms with Gasteiger partial charge < -0.3 is 14.2 Å². The molecule has 5 heteroatoms. The van der Waals surface area contributed by atoms with Crippen molar-refractivity contribution in [3.63, 3.8) is 0 Å². The van der Waals surface area contributed by atoms with Crippen molar-refractivity contribution in [2.45, 2.75) is 83.0 Å². The van der Waals surface area contributed by atoms with Crippen LogP contribution in [0.15, 0.2) is 12.4 Å². The highest BCUT2D eigenvalue weighted by molar-refractivity contribution is 4.81. The minimum absolute atomic E-state index is 0.787. The molecule has 1 aromatic rings. The van der Waals surface area contributed by atoms with Crippen molar-refractivity contribution in [3.8, 4) is 0 Å². The maximum Gasteiger partial charge on any atom is 0.282 e. The van der Waals surface area contributed by atoms with Crippen LogP contribution in [0.5, 0.6) is 0 Å². The molecule has 152 valence electrons. The van der Waals surface area contributed by atoms with Gasteiger partial charge in [-0.05, 0) is 12.8 Å². The summed E-state index contributed by atoms with van der Waals surface area (Å²) < 4.78 is 20.4. The normalized spacial score (nSPS) is 12.0. The third-order valence-corrected chi connectivity index (χ3v) is 5.39. The van der Waals surface area contributed by atoms with Crippen molar-refractivity contribution in [2.24, 2.45) is 14.1 Å². The van der Waals surface area contributed by atoms with E-state index in [9.17, 15) is 0 Å². The Morgan fingerprint density at radius 2 is 1.27 bits per heavy atom. The van der Waals surface area contributed by atoms with E-state index in [2.05, 4.69) is 35.6 Å². The Morgan fingerprint density at radius 3 is 1.69 bits per heavy atom. The van der Waals surface area contributed by atoms with E-state index in [0.717, 1.165) is 12.8 Å². The van der Waals surface area contributed by atoms with Gasteiger partial charge in [-0.1, -0.05) is 51.4 Å². The molecule has 0 saturated carbocycles. The topological polar surface area (TPSA) is 36.5 Å². The van der Waals surface area contributed by atoms with Crippen molar-refractivity contribution in [3.05, 3.63) is 18.2 Å². The Hall–Kier alpha value is -0.910. The smallest absolute Gasteiger partial charge is 0.282 e. The average molecular weight is 370 g/mol. The molecule has 0 amide bonds. The zero-order valence-electron chi connectivity index (χ0n) is 17.8. The highest BCUT2D eigenvalue weighted by atomic mass is 16.9. The molecule has 0 N–H and O–H groups in total. The van der Waals surface area contributed by atoms with Crippen molar-refractivity contribution < 1.29 is 18.8 Å². The first kappa shape index (κ1) is 23.1. The van der Waals surface area contributed by atoms with E-state index in [1.54, 1.807) is 21.3 Å². The van der Waals surface area contributed by atoms with Crippen molar-refractivity contribution in [2.75, 3.05) is 21.3 Å². The van der Waals surface area contributed by atoms with Crippen molar-refractivity contribution in [1.29, 1.82) is 0 Å². The van der Waals surface area contributed by atoms with Crippen LogP contribution in [0.1, 0.15) is 76.5 Å². The van der Waals surface area contributed by atoms with Crippen molar-refractivity contribution in [1.82, 2.24) is 4.57 Å². The summed E-state index contributed by atoms with van der Waals surface area (Å²) in [4.78, 5) is 0. The lowest BCUT2D eigenvalue weighted by Crippen LogP contribution is -2.35. The summed E-state index contributed by atoms with van der Waals surface area (Å²) in [5.74, 6) is 0.570. The predicted molar refractivity (Wildman–Crippen MR) is 105 cm³/mol. The number of aromatic nitrogens is 2. The number of ether oxygens (including phenoxy) is 3. The van der Waals surface area contributed by atoms with E-state index in [4.69, 9.17) is 14.2 Å².